The van der Waals surface area contributed by atoms with Crippen LogP contribution >= 0.6 is 0 Å². The van der Waals surface area contributed by atoms with Gasteiger partial charge in [0.2, 0.25) is 0 Å². The molecule has 1 heterocycles. The second-order valence-corrected chi connectivity index (χ2v) is 4.23. The molecule has 0 spiro atoms. The van der Waals surface area contributed by atoms with Gasteiger partial charge < -0.3 is 9.84 Å². The second kappa shape index (κ2) is 7.07. The highest BCUT2D eigenvalue weighted by Gasteiger charge is 2.24. The molecular formula is C11H18N2O5. The zero-order valence-corrected chi connectivity index (χ0v) is 10.4. The number of rotatable bonds is 7. The van der Waals surface area contributed by atoms with E-state index < -0.39 is 17.9 Å². The predicted octanol–water partition coefficient (Wildman–Crippen LogP) is -0.832. The SMILES string of the molecule is CCCN(CCN1CC(=O)OC(=O)C1)CC(=O)O. The van der Waals surface area contributed by atoms with Crippen molar-refractivity contribution in [1.29, 1.82) is 0 Å². The van der Waals surface area contributed by atoms with E-state index >= 15 is 0 Å². The number of morpholine rings is 1. The van der Waals surface area contributed by atoms with Gasteiger partial charge in [-0.1, -0.05) is 6.92 Å². The summed E-state index contributed by atoms with van der Waals surface area (Å²) in [6, 6.07) is 0. The number of ether oxygens (including phenoxy) is 1. The first-order chi connectivity index (χ1) is 8.51. The Balaban J connectivity index is 2.38. The Bertz CT molecular complexity index is 315. The van der Waals surface area contributed by atoms with Gasteiger partial charge in [0.25, 0.3) is 0 Å². The summed E-state index contributed by atoms with van der Waals surface area (Å²) < 4.78 is 4.41. The molecule has 0 radical (unpaired) electrons. The van der Waals surface area contributed by atoms with Crippen molar-refractivity contribution in [2.75, 3.05) is 39.3 Å². The maximum Gasteiger partial charge on any atom is 0.327 e. The molecule has 0 bridgehead atoms. The van der Waals surface area contributed by atoms with Crippen LogP contribution in [0.25, 0.3) is 0 Å². The minimum absolute atomic E-state index is 0.0277. The van der Waals surface area contributed by atoms with Crippen molar-refractivity contribution in [1.82, 2.24) is 9.80 Å². The van der Waals surface area contributed by atoms with Crippen molar-refractivity contribution in [3.8, 4) is 0 Å². The fourth-order valence-electron chi connectivity index (χ4n) is 1.83. The molecule has 7 nitrogen and oxygen atoms in total. The third-order valence-corrected chi connectivity index (χ3v) is 2.56. The zero-order chi connectivity index (χ0) is 13.5. The molecule has 1 aliphatic heterocycles. The van der Waals surface area contributed by atoms with Crippen LogP contribution in [0.2, 0.25) is 0 Å². The van der Waals surface area contributed by atoms with Gasteiger partial charge in [-0.25, -0.2) is 0 Å². The van der Waals surface area contributed by atoms with Crippen molar-refractivity contribution in [2.45, 2.75) is 13.3 Å². The van der Waals surface area contributed by atoms with Crippen LogP contribution in [0.5, 0.6) is 0 Å². The molecule has 1 saturated heterocycles. The fourth-order valence-corrected chi connectivity index (χ4v) is 1.83. The molecule has 18 heavy (non-hydrogen) atoms. The van der Waals surface area contributed by atoms with Gasteiger partial charge in [-0.3, -0.25) is 24.2 Å². The van der Waals surface area contributed by atoms with Crippen LogP contribution in [0.4, 0.5) is 0 Å². The van der Waals surface area contributed by atoms with Crippen molar-refractivity contribution < 1.29 is 24.2 Å². The Morgan fingerprint density at radius 2 is 1.94 bits per heavy atom. The number of carboxylic acid groups (broad SMARTS) is 1. The van der Waals surface area contributed by atoms with Gasteiger partial charge in [0.1, 0.15) is 0 Å². The summed E-state index contributed by atoms with van der Waals surface area (Å²) in [5.41, 5.74) is 0. The summed E-state index contributed by atoms with van der Waals surface area (Å²) >= 11 is 0. The summed E-state index contributed by atoms with van der Waals surface area (Å²) in [7, 11) is 0. The Morgan fingerprint density at radius 1 is 1.33 bits per heavy atom. The highest BCUT2D eigenvalue weighted by Crippen LogP contribution is 2.01. The van der Waals surface area contributed by atoms with Gasteiger partial charge in [-0.15, -0.1) is 0 Å². The number of hydrogen-bond acceptors (Lipinski definition) is 6. The number of aliphatic carboxylic acids is 1. The minimum Gasteiger partial charge on any atom is -0.480 e. The smallest absolute Gasteiger partial charge is 0.327 e. The first kappa shape index (κ1) is 14.6. The molecular weight excluding hydrogens is 240 g/mol. The van der Waals surface area contributed by atoms with Gasteiger partial charge in [0.05, 0.1) is 19.6 Å². The standard InChI is InChI=1S/C11H18N2O5/c1-2-3-12(6-9(14)15)4-5-13-7-10(16)18-11(17)8-13/h2-8H2,1H3,(H,14,15). The highest BCUT2D eigenvalue weighted by atomic mass is 16.6. The third-order valence-electron chi connectivity index (χ3n) is 2.56. The summed E-state index contributed by atoms with van der Waals surface area (Å²) in [5, 5.41) is 8.75. The maximum atomic E-state index is 11.0. The van der Waals surface area contributed by atoms with Crippen LogP contribution in [-0.2, 0) is 19.1 Å². The van der Waals surface area contributed by atoms with E-state index in [0.717, 1.165) is 6.42 Å². The molecule has 1 aliphatic rings. The van der Waals surface area contributed by atoms with E-state index in [2.05, 4.69) is 4.74 Å². The molecule has 1 fully saturated rings. The van der Waals surface area contributed by atoms with Gasteiger partial charge in [0, 0.05) is 13.1 Å². The lowest BCUT2D eigenvalue weighted by molar-refractivity contribution is -0.167. The number of cyclic esters (lactones) is 2. The lowest BCUT2D eigenvalue weighted by Crippen LogP contribution is -2.46. The van der Waals surface area contributed by atoms with Crippen LogP contribution in [-0.4, -0.2) is 72.1 Å². The number of hydrogen-bond donors (Lipinski definition) is 1. The summed E-state index contributed by atoms with van der Waals surface area (Å²) in [4.78, 5) is 36.2. The normalized spacial score (nSPS) is 17.0. The van der Waals surface area contributed by atoms with Gasteiger partial charge >= 0.3 is 17.9 Å². The van der Waals surface area contributed by atoms with E-state index in [-0.39, 0.29) is 19.6 Å². The summed E-state index contributed by atoms with van der Waals surface area (Å²) in [5.74, 6) is -1.98. The van der Waals surface area contributed by atoms with E-state index in [1.807, 2.05) is 6.92 Å². The lowest BCUT2D eigenvalue weighted by Gasteiger charge is -2.27. The van der Waals surface area contributed by atoms with E-state index in [1.165, 1.54) is 0 Å². The van der Waals surface area contributed by atoms with Crippen LogP contribution in [0.3, 0.4) is 0 Å². The maximum absolute atomic E-state index is 11.0. The minimum atomic E-state index is -0.877. The second-order valence-electron chi connectivity index (χ2n) is 4.23. The van der Waals surface area contributed by atoms with Crippen molar-refractivity contribution in [2.24, 2.45) is 0 Å². The Labute approximate surface area is 105 Å². The number of carbonyl (C=O) groups excluding carboxylic acids is 2. The van der Waals surface area contributed by atoms with Crippen LogP contribution in [0.1, 0.15) is 13.3 Å². The van der Waals surface area contributed by atoms with Crippen LogP contribution in [0, 0.1) is 0 Å². The molecule has 0 unspecified atom stereocenters. The predicted molar refractivity (Wildman–Crippen MR) is 61.9 cm³/mol. The molecule has 0 aromatic carbocycles. The van der Waals surface area contributed by atoms with E-state index in [0.29, 0.717) is 19.6 Å². The van der Waals surface area contributed by atoms with Crippen LogP contribution < -0.4 is 0 Å². The van der Waals surface area contributed by atoms with Gasteiger partial charge in [-0.05, 0) is 13.0 Å². The van der Waals surface area contributed by atoms with Gasteiger partial charge in [-0.2, -0.15) is 0 Å². The molecule has 102 valence electrons. The van der Waals surface area contributed by atoms with Crippen molar-refractivity contribution in [3.05, 3.63) is 0 Å². The molecule has 0 saturated carbocycles. The zero-order valence-electron chi connectivity index (χ0n) is 10.4. The fraction of sp³-hybridized carbons (Fsp3) is 0.727. The molecule has 7 heteroatoms. The Morgan fingerprint density at radius 3 is 2.44 bits per heavy atom. The monoisotopic (exact) mass is 258 g/mol. The highest BCUT2D eigenvalue weighted by molar-refractivity contribution is 5.90. The van der Waals surface area contributed by atoms with Crippen LogP contribution in [0.15, 0.2) is 0 Å². The van der Waals surface area contributed by atoms with Crippen molar-refractivity contribution >= 4 is 17.9 Å². The third kappa shape index (κ3) is 5.24. The molecule has 0 amide bonds. The number of esters is 2. The molecule has 0 atom stereocenters. The molecule has 0 aromatic rings. The summed E-state index contributed by atoms with van der Waals surface area (Å²) in [6.45, 7) is 3.78. The quantitative estimate of drug-likeness (QED) is 0.471. The van der Waals surface area contributed by atoms with E-state index in [9.17, 15) is 14.4 Å². The van der Waals surface area contributed by atoms with Crippen molar-refractivity contribution in [3.63, 3.8) is 0 Å². The van der Waals surface area contributed by atoms with E-state index in [4.69, 9.17) is 5.11 Å². The topological polar surface area (TPSA) is 87.2 Å². The molecule has 0 aromatic heterocycles. The Hall–Kier alpha value is -1.47. The molecule has 1 rings (SSSR count). The number of nitrogens with zero attached hydrogens (tertiary/aromatic N) is 2. The molecule has 0 aliphatic carbocycles. The first-order valence-electron chi connectivity index (χ1n) is 5.91. The Kier molecular flexibility index (Phi) is 5.73. The number of carboxylic acids is 1. The largest absolute Gasteiger partial charge is 0.480 e. The van der Waals surface area contributed by atoms with E-state index in [1.54, 1.807) is 9.80 Å². The first-order valence-corrected chi connectivity index (χ1v) is 5.91. The summed E-state index contributed by atoms with van der Waals surface area (Å²) in [6.07, 6.45) is 0.855. The lowest BCUT2D eigenvalue weighted by atomic mass is 10.3. The van der Waals surface area contributed by atoms with Gasteiger partial charge in [0.15, 0.2) is 0 Å². The average Bonchev–Trinajstić information content (AvgIpc) is 2.24. The number of carbonyl (C=O) groups is 3. The molecule has 1 N–H and O–H groups in total. The average molecular weight is 258 g/mol.